The van der Waals surface area contributed by atoms with E-state index in [4.69, 9.17) is 4.84 Å². The van der Waals surface area contributed by atoms with Crippen molar-refractivity contribution in [1.29, 1.82) is 0 Å². The molecule has 0 spiro atoms. The second-order valence-corrected chi connectivity index (χ2v) is 8.05. The third-order valence-corrected chi connectivity index (χ3v) is 5.85. The van der Waals surface area contributed by atoms with Crippen LogP contribution < -0.4 is 15.5 Å². The minimum absolute atomic E-state index is 0.0757. The van der Waals surface area contributed by atoms with Crippen molar-refractivity contribution in [2.24, 2.45) is 0 Å². The average molecular weight is 407 g/mol. The Labute approximate surface area is 166 Å². The summed E-state index contributed by atoms with van der Waals surface area (Å²) in [5, 5.41) is 5.47. The summed E-state index contributed by atoms with van der Waals surface area (Å²) in [6, 6.07) is 15.6. The van der Waals surface area contributed by atoms with E-state index < -0.39 is 10.0 Å². The van der Waals surface area contributed by atoms with Gasteiger partial charge in [-0.2, -0.15) is 0 Å². The van der Waals surface area contributed by atoms with Gasteiger partial charge in [0.1, 0.15) is 0 Å². The minimum atomic E-state index is -3.70. The van der Waals surface area contributed by atoms with Crippen molar-refractivity contribution in [2.45, 2.75) is 11.3 Å². The molecule has 0 fully saturated rings. The highest BCUT2D eigenvalue weighted by Gasteiger charge is 2.20. The number of nitrogens with zero attached hydrogens (tertiary/aromatic N) is 2. The number of benzene rings is 2. The first kappa shape index (κ1) is 21.7. The number of carbonyl (C=O) groups excluding carboxylic acids is 1. The number of anilines is 2. The first-order chi connectivity index (χ1) is 13.3. The fourth-order valence-electron chi connectivity index (χ4n) is 2.46. The average Bonchev–Trinajstić information content (AvgIpc) is 2.71. The largest absolute Gasteiger partial charge is 0.375 e. The topological polar surface area (TPSA) is 91.0 Å². The van der Waals surface area contributed by atoms with Gasteiger partial charge < -0.3 is 15.5 Å². The highest BCUT2D eigenvalue weighted by atomic mass is 32.2. The molecule has 8 nitrogen and oxygen atoms in total. The number of hydrogen-bond donors (Lipinski definition) is 2. The molecule has 0 unspecified atom stereocenters. The van der Waals surface area contributed by atoms with Gasteiger partial charge >= 0.3 is 6.03 Å². The zero-order chi connectivity index (χ0) is 20.6. The molecule has 0 aliphatic heterocycles. The Morgan fingerprint density at radius 2 is 1.68 bits per heavy atom. The molecule has 2 amide bonds. The fraction of sp³-hybridized carbons (Fsp3) is 0.316. The second-order valence-electron chi connectivity index (χ2n) is 6.11. The standard InChI is InChI=1S/C19H26N4O4S/c1-22(17-8-5-4-6-9-17)15-7-14-20-19(24)21-16-10-12-18(13-11-16)28(25,26)23(2)27-3/h4-6,8-13H,7,14-15H2,1-3H3,(H2,20,21,24). The summed E-state index contributed by atoms with van der Waals surface area (Å²) in [7, 11) is 0.884. The van der Waals surface area contributed by atoms with Crippen molar-refractivity contribution in [3.05, 3.63) is 54.6 Å². The summed E-state index contributed by atoms with van der Waals surface area (Å²) >= 11 is 0. The number of sulfonamides is 1. The summed E-state index contributed by atoms with van der Waals surface area (Å²) in [4.78, 5) is 18.9. The lowest BCUT2D eigenvalue weighted by Gasteiger charge is -2.19. The van der Waals surface area contributed by atoms with E-state index in [2.05, 4.69) is 15.5 Å². The van der Waals surface area contributed by atoms with E-state index in [0.717, 1.165) is 23.1 Å². The van der Waals surface area contributed by atoms with Crippen molar-refractivity contribution < 1.29 is 18.0 Å². The van der Waals surface area contributed by atoms with E-state index in [1.807, 2.05) is 37.4 Å². The molecule has 28 heavy (non-hydrogen) atoms. The van der Waals surface area contributed by atoms with Gasteiger partial charge in [-0.1, -0.05) is 22.7 Å². The molecule has 152 valence electrons. The van der Waals surface area contributed by atoms with Gasteiger partial charge in [0, 0.05) is 38.6 Å². The highest BCUT2D eigenvalue weighted by molar-refractivity contribution is 7.89. The van der Waals surface area contributed by atoms with E-state index in [9.17, 15) is 13.2 Å². The smallest absolute Gasteiger partial charge is 0.319 e. The third-order valence-electron chi connectivity index (χ3n) is 4.16. The molecule has 2 aromatic carbocycles. The first-order valence-corrected chi connectivity index (χ1v) is 10.2. The van der Waals surface area contributed by atoms with Gasteiger partial charge in [-0.25, -0.2) is 13.2 Å². The van der Waals surface area contributed by atoms with E-state index >= 15 is 0 Å². The Balaban J connectivity index is 1.77. The summed E-state index contributed by atoms with van der Waals surface area (Å²) in [6.07, 6.45) is 0.791. The molecule has 0 bridgehead atoms. The molecular weight excluding hydrogens is 380 g/mol. The molecule has 2 aromatic rings. The minimum Gasteiger partial charge on any atom is -0.375 e. The Kier molecular flexibility index (Phi) is 7.80. The second kappa shape index (κ2) is 10.1. The molecule has 0 radical (unpaired) electrons. The number of hydrogen-bond acceptors (Lipinski definition) is 5. The van der Waals surface area contributed by atoms with Crippen LogP contribution in [0.5, 0.6) is 0 Å². The van der Waals surface area contributed by atoms with Gasteiger partial charge in [-0.3, -0.25) is 4.84 Å². The Morgan fingerprint density at radius 3 is 2.29 bits per heavy atom. The maximum atomic E-state index is 12.1. The normalized spacial score (nSPS) is 11.3. The molecule has 9 heteroatoms. The third kappa shape index (κ3) is 5.95. The number of amides is 2. The Morgan fingerprint density at radius 1 is 1.04 bits per heavy atom. The van der Waals surface area contributed by atoms with Crippen molar-refractivity contribution >= 4 is 27.4 Å². The van der Waals surface area contributed by atoms with Gasteiger partial charge in [-0.05, 0) is 42.8 Å². The molecule has 0 atom stereocenters. The molecule has 0 aromatic heterocycles. The van der Waals surface area contributed by atoms with Crippen LogP contribution in [0.4, 0.5) is 16.2 Å². The molecule has 0 saturated carbocycles. The van der Waals surface area contributed by atoms with Gasteiger partial charge in [0.05, 0.1) is 12.0 Å². The van der Waals surface area contributed by atoms with Crippen molar-refractivity contribution in [2.75, 3.05) is 44.5 Å². The number of para-hydroxylation sites is 1. The highest BCUT2D eigenvalue weighted by Crippen LogP contribution is 2.17. The molecule has 0 aliphatic carbocycles. The molecular formula is C19H26N4O4S. The van der Waals surface area contributed by atoms with E-state index in [-0.39, 0.29) is 10.9 Å². The monoisotopic (exact) mass is 406 g/mol. The van der Waals surface area contributed by atoms with Crippen LogP contribution in [0.3, 0.4) is 0 Å². The maximum Gasteiger partial charge on any atom is 0.319 e. The van der Waals surface area contributed by atoms with Gasteiger partial charge in [0.25, 0.3) is 10.0 Å². The lowest BCUT2D eigenvalue weighted by molar-refractivity contribution is -0.0258. The van der Waals surface area contributed by atoms with Gasteiger partial charge in [0.2, 0.25) is 0 Å². The Hall–Kier alpha value is -2.62. The fourth-order valence-corrected chi connectivity index (χ4v) is 3.43. The summed E-state index contributed by atoms with van der Waals surface area (Å²) in [6.45, 7) is 1.33. The summed E-state index contributed by atoms with van der Waals surface area (Å²) in [5.41, 5.74) is 1.62. The van der Waals surface area contributed by atoms with Crippen molar-refractivity contribution in [1.82, 2.24) is 9.79 Å². The van der Waals surface area contributed by atoms with Crippen molar-refractivity contribution in [3.63, 3.8) is 0 Å². The lowest BCUT2D eigenvalue weighted by atomic mass is 10.3. The zero-order valence-electron chi connectivity index (χ0n) is 16.3. The van der Waals surface area contributed by atoms with Crippen LogP contribution in [0, 0.1) is 0 Å². The lowest BCUT2D eigenvalue weighted by Crippen LogP contribution is -2.31. The number of carbonyl (C=O) groups is 1. The maximum absolute atomic E-state index is 12.1. The van der Waals surface area contributed by atoms with E-state index in [0.29, 0.717) is 12.2 Å². The molecule has 0 heterocycles. The van der Waals surface area contributed by atoms with E-state index in [1.54, 1.807) is 0 Å². The van der Waals surface area contributed by atoms with Crippen LogP contribution in [-0.4, -0.2) is 53.2 Å². The SMILES string of the molecule is CON(C)S(=O)(=O)c1ccc(NC(=O)NCCCN(C)c2ccccc2)cc1. The predicted octanol–water partition coefficient (Wildman–Crippen LogP) is 2.52. The van der Waals surface area contributed by atoms with Crippen LogP contribution in [0.25, 0.3) is 0 Å². The van der Waals surface area contributed by atoms with Crippen LogP contribution >= 0.6 is 0 Å². The van der Waals surface area contributed by atoms with Crippen molar-refractivity contribution in [3.8, 4) is 0 Å². The summed E-state index contributed by atoms with van der Waals surface area (Å²) < 4.78 is 25.0. The first-order valence-electron chi connectivity index (χ1n) is 8.78. The van der Waals surface area contributed by atoms with E-state index in [1.165, 1.54) is 38.4 Å². The number of hydroxylamine groups is 1. The number of nitrogens with one attached hydrogen (secondary N) is 2. The molecule has 0 aliphatic rings. The number of urea groups is 1. The predicted molar refractivity (Wildman–Crippen MR) is 110 cm³/mol. The quantitative estimate of drug-likeness (QED) is 0.493. The van der Waals surface area contributed by atoms with Gasteiger partial charge in [-0.15, -0.1) is 0 Å². The summed E-state index contributed by atoms with van der Waals surface area (Å²) in [5.74, 6) is 0. The zero-order valence-corrected chi connectivity index (χ0v) is 17.1. The number of rotatable bonds is 9. The Bertz CT molecular complexity index is 857. The van der Waals surface area contributed by atoms with Crippen LogP contribution in [0.1, 0.15) is 6.42 Å². The molecule has 0 saturated heterocycles. The molecule has 2 N–H and O–H groups in total. The van der Waals surface area contributed by atoms with Crippen LogP contribution in [0.15, 0.2) is 59.5 Å². The van der Waals surface area contributed by atoms with Crippen LogP contribution in [-0.2, 0) is 14.9 Å². The molecule has 2 rings (SSSR count). The van der Waals surface area contributed by atoms with Crippen LogP contribution in [0.2, 0.25) is 0 Å². The van der Waals surface area contributed by atoms with Gasteiger partial charge in [0.15, 0.2) is 0 Å².